The topological polar surface area (TPSA) is 98.8 Å². The first-order chi connectivity index (χ1) is 16.7. The van der Waals surface area contributed by atoms with Crippen LogP contribution in [0, 0.1) is 12.3 Å². The van der Waals surface area contributed by atoms with Crippen LogP contribution in [0.1, 0.15) is 37.8 Å². The number of fused-ring (bicyclic) bond motifs is 1. The summed E-state index contributed by atoms with van der Waals surface area (Å²) in [6, 6.07) is 14.7. The summed E-state index contributed by atoms with van der Waals surface area (Å²) in [5.41, 5.74) is 1.28. The van der Waals surface area contributed by atoms with Gasteiger partial charge in [0.05, 0.1) is 25.9 Å². The van der Waals surface area contributed by atoms with E-state index in [9.17, 15) is 18.0 Å². The molecule has 0 bridgehead atoms. The fourth-order valence-corrected chi connectivity index (χ4v) is 5.91. The Morgan fingerprint density at radius 2 is 1.80 bits per heavy atom. The van der Waals surface area contributed by atoms with E-state index >= 15 is 0 Å². The molecule has 0 spiro atoms. The predicted molar refractivity (Wildman–Crippen MR) is 138 cm³/mol. The molecule has 1 heterocycles. The Bertz CT molecular complexity index is 1180. The van der Waals surface area contributed by atoms with Crippen LogP contribution < -0.4 is 10.6 Å². The first kappa shape index (κ1) is 26.7. The average Bonchev–Trinajstić information content (AvgIpc) is 2.85. The molecule has 0 aromatic heterocycles. The van der Waals surface area contributed by atoms with Crippen LogP contribution in [0.25, 0.3) is 10.8 Å². The Balaban J connectivity index is 1.64. The summed E-state index contributed by atoms with van der Waals surface area (Å²) >= 11 is 0. The molecule has 2 aromatic carbocycles. The number of rotatable bonds is 10. The van der Waals surface area contributed by atoms with Gasteiger partial charge in [0, 0.05) is 25.2 Å². The Kier molecular flexibility index (Phi) is 9.26. The lowest BCUT2D eigenvalue weighted by Crippen LogP contribution is -2.51. The van der Waals surface area contributed by atoms with E-state index < -0.39 is 21.8 Å². The highest BCUT2D eigenvalue weighted by Gasteiger charge is 2.33. The third-order valence-electron chi connectivity index (χ3n) is 6.48. The zero-order chi connectivity index (χ0) is 25.4. The van der Waals surface area contributed by atoms with Crippen molar-refractivity contribution in [3.8, 4) is 12.3 Å². The third kappa shape index (κ3) is 7.04. The highest BCUT2D eigenvalue weighted by atomic mass is 32.2. The fourth-order valence-electron chi connectivity index (χ4n) is 4.81. The van der Waals surface area contributed by atoms with E-state index in [-0.39, 0.29) is 31.7 Å². The number of benzene rings is 2. The molecule has 2 N–H and O–H groups in total. The minimum atomic E-state index is -3.61. The summed E-state index contributed by atoms with van der Waals surface area (Å²) in [5.74, 6) is 1.34. The average molecular weight is 499 g/mol. The molecule has 1 aliphatic rings. The number of sulfonamides is 1. The maximum atomic E-state index is 12.5. The van der Waals surface area contributed by atoms with Gasteiger partial charge in [0.2, 0.25) is 21.8 Å². The van der Waals surface area contributed by atoms with Gasteiger partial charge in [-0.25, -0.2) is 8.42 Å². The lowest BCUT2D eigenvalue weighted by molar-refractivity contribution is -0.126. The Morgan fingerprint density at radius 3 is 2.46 bits per heavy atom. The standard InChI is InChI=1S/C26H34N4O4S/c1-4-15-27-25(31)18-28-26(32)19-30(35(3,33)34)21-13-16-29(17-14-21)24(5-2)23-12-8-10-20-9-6-7-11-22(20)23/h1,6-12,21,24H,5,13-19H2,2-3H3,(H,27,31)(H,28,32). The number of hydrogen-bond acceptors (Lipinski definition) is 5. The second kappa shape index (κ2) is 12.2. The molecule has 8 nitrogen and oxygen atoms in total. The van der Waals surface area contributed by atoms with Gasteiger partial charge in [-0.1, -0.05) is 55.3 Å². The lowest BCUT2D eigenvalue weighted by Gasteiger charge is -2.40. The van der Waals surface area contributed by atoms with Crippen molar-refractivity contribution in [1.29, 1.82) is 0 Å². The van der Waals surface area contributed by atoms with Crippen LogP contribution in [0.3, 0.4) is 0 Å². The molecule has 1 aliphatic heterocycles. The molecule has 0 radical (unpaired) electrons. The zero-order valence-corrected chi connectivity index (χ0v) is 21.2. The number of carbonyl (C=O) groups is 2. The summed E-state index contributed by atoms with van der Waals surface area (Å²) in [6.45, 7) is 3.14. The van der Waals surface area contributed by atoms with E-state index in [4.69, 9.17) is 6.42 Å². The van der Waals surface area contributed by atoms with Gasteiger partial charge in [0.1, 0.15) is 0 Å². The van der Waals surface area contributed by atoms with Gasteiger partial charge < -0.3 is 10.6 Å². The second-order valence-corrected chi connectivity index (χ2v) is 10.8. The minimum absolute atomic E-state index is 0.0697. The largest absolute Gasteiger partial charge is 0.346 e. The lowest BCUT2D eigenvalue weighted by atomic mass is 9.93. The molecule has 0 saturated carbocycles. The molecule has 1 unspecified atom stereocenters. The van der Waals surface area contributed by atoms with Crippen molar-refractivity contribution in [2.24, 2.45) is 0 Å². The Labute approximate surface area is 208 Å². The molecule has 188 valence electrons. The molecule has 35 heavy (non-hydrogen) atoms. The quantitative estimate of drug-likeness (QED) is 0.488. The smallest absolute Gasteiger partial charge is 0.240 e. The number of nitrogens with one attached hydrogen (secondary N) is 2. The van der Waals surface area contributed by atoms with Crippen LogP contribution in [0.5, 0.6) is 0 Å². The van der Waals surface area contributed by atoms with Gasteiger partial charge in [0.15, 0.2) is 0 Å². The van der Waals surface area contributed by atoms with Crippen LogP contribution in [-0.2, 0) is 19.6 Å². The Morgan fingerprint density at radius 1 is 1.11 bits per heavy atom. The van der Waals surface area contributed by atoms with E-state index in [1.165, 1.54) is 20.6 Å². The Hall–Kier alpha value is -2.93. The maximum absolute atomic E-state index is 12.5. The monoisotopic (exact) mass is 498 g/mol. The highest BCUT2D eigenvalue weighted by Crippen LogP contribution is 2.33. The molecule has 3 rings (SSSR count). The normalized spacial score (nSPS) is 16.1. The molecule has 1 saturated heterocycles. The summed E-state index contributed by atoms with van der Waals surface area (Å²) in [4.78, 5) is 26.5. The summed E-state index contributed by atoms with van der Waals surface area (Å²) in [6.07, 6.45) is 8.42. The van der Waals surface area contributed by atoms with Gasteiger partial charge in [0.25, 0.3) is 0 Å². The number of terminal acetylenes is 1. The SMILES string of the molecule is C#CCNC(=O)CNC(=O)CN(C1CCN(C(CC)c2cccc3ccccc23)CC1)S(C)(=O)=O. The summed E-state index contributed by atoms with van der Waals surface area (Å²) in [5, 5.41) is 7.37. The van der Waals surface area contributed by atoms with E-state index in [0.717, 1.165) is 25.8 Å². The minimum Gasteiger partial charge on any atom is -0.346 e. The molecule has 9 heteroatoms. The van der Waals surface area contributed by atoms with Crippen molar-refractivity contribution in [3.63, 3.8) is 0 Å². The molecule has 2 aromatic rings. The van der Waals surface area contributed by atoms with Gasteiger partial charge in [-0.15, -0.1) is 6.42 Å². The van der Waals surface area contributed by atoms with Gasteiger partial charge in [-0.05, 0) is 35.6 Å². The second-order valence-electron chi connectivity index (χ2n) is 8.83. The molecular formula is C26H34N4O4S. The van der Waals surface area contributed by atoms with Crippen molar-refractivity contribution in [3.05, 3.63) is 48.0 Å². The van der Waals surface area contributed by atoms with E-state index in [1.807, 2.05) is 6.07 Å². The third-order valence-corrected chi connectivity index (χ3v) is 7.75. The molecule has 0 aliphatic carbocycles. The predicted octanol–water partition coefficient (Wildman–Crippen LogP) is 1.88. The maximum Gasteiger partial charge on any atom is 0.240 e. The molecule has 1 atom stereocenters. The van der Waals surface area contributed by atoms with Crippen molar-refractivity contribution >= 4 is 32.6 Å². The van der Waals surface area contributed by atoms with Crippen LogP contribution in [0.2, 0.25) is 0 Å². The van der Waals surface area contributed by atoms with E-state index in [2.05, 4.69) is 64.8 Å². The van der Waals surface area contributed by atoms with Crippen molar-refractivity contribution in [2.45, 2.75) is 38.3 Å². The van der Waals surface area contributed by atoms with Crippen LogP contribution >= 0.6 is 0 Å². The number of amides is 2. The van der Waals surface area contributed by atoms with Crippen molar-refractivity contribution in [2.75, 3.05) is 39.0 Å². The fraction of sp³-hybridized carbons (Fsp3) is 0.462. The highest BCUT2D eigenvalue weighted by molar-refractivity contribution is 7.88. The number of carbonyl (C=O) groups excluding carboxylic acids is 2. The summed E-state index contributed by atoms with van der Waals surface area (Å²) in [7, 11) is -3.61. The van der Waals surface area contributed by atoms with Crippen LogP contribution in [0.15, 0.2) is 42.5 Å². The van der Waals surface area contributed by atoms with Gasteiger partial charge in [-0.2, -0.15) is 4.31 Å². The number of nitrogens with zero attached hydrogens (tertiary/aromatic N) is 2. The van der Waals surface area contributed by atoms with Gasteiger partial charge in [-0.3, -0.25) is 14.5 Å². The van der Waals surface area contributed by atoms with Crippen molar-refractivity contribution in [1.82, 2.24) is 19.8 Å². The first-order valence-electron chi connectivity index (χ1n) is 11.9. The summed E-state index contributed by atoms with van der Waals surface area (Å²) < 4.78 is 26.3. The van der Waals surface area contributed by atoms with Crippen LogP contribution in [0.4, 0.5) is 0 Å². The molecule has 2 amide bonds. The number of likely N-dealkylation sites (tertiary alicyclic amines) is 1. The molecule has 1 fully saturated rings. The van der Waals surface area contributed by atoms with Gasteiger partial charge >= 0.3 is 0 Å². The van der Waals surface area contributed by atoms with Crippen LogP contribution in [-0.4, -0.2) is 74.5 Å². The van der Waals surface area contributed by atoms with E-state index in [1.54, 1.807) is 0 Å². The van der Waals surface area contributed by atoms with Crippen molar-refractivity contribution < 1.29 is 18.0 Å². The van der Waals surface area contributed by atoms with E-state index in [0.29, 0.717) is 12.8 Å². The zero-order valence-electron chi connectivity index (χ0n) is 20.4. The molecular weight excluding hydrogens is 464 g/mol. The first-order valence-corrected chi connectivity index (χ1v) is 13.7. The number of piperidine rings is 1. The number of hydrogen-bond donors (Lipinski definition) is 2.